The predicted molar refractivity (Wildman–Crippen MR) is 69.6 cm³/mol. The molecule has 1 saturated carbocycles. The van der Waals surface area contributed by atoms with Crippen LogP contribution in [0.4, 0.5) is 0 Å². The SMILES string of the molecule is CNC(C)C1(CCCc2ccccc2)CC1. The summed E-state index contributed by atoms with van der Waals surface area (Å²) in [4.78, 5) is 0. The molecule has 1 heteroatoms. The summed E-state index contributed by atoms with van der Waals surface area (Å²) in [7, 11) is 2.09. The first-order chi connectivity index (χ1) is 7.77. The van der Waals surface area contributed by atoms with Crippen LogP contribution in [-0.2, 0) is 6.42 Å². The molecule has 0 amide bonds. The minimum atomic E-state index is 0.629. The van der Waals surface area contributed by atoms with Crippen LogP contribution in [0.3, 0.4) is 0 Å². The number of benzene rings is 1. The molecular formula is C15H23N. The zero-order chi connectivity index (χ0) is 11.4. The molecule has 1 fully saturated rings. The van der Waals surface area contributed by atoms with Crippen LogP contribution in [0, 0.1) is 5.41 Å². The van der Waals surface area contributed by atoms with Crippen molar-refractivity contribution in [3.05, 3.63) is 35.9 Å². The van der Waals surface area contributed by atoms with Crippen LogP contribution < -0.4 is 5.32 Å². The van der Waals surface area contributed by atoms with Gasteiger partial charge in [0.2, 0.25) is 0 Å². The summed E-state index contributed by atoms with van der Waals surface area (Å²) in [5.41, 5.74) is 2.11. The standard InChI is InChI=1S/C15H23N/c1-13(16-2)15(11-12-15)10-6-9-14-7-4-3-5-8-14/h3-5,7-8,13,16H,6,9-12H2,1-2H3. The minimum Gasteiger partial charge on any atom is -0.317 e. The van der Waals surface area contributed by atoms with Crippen molar-refractivity contribution in [2.75, 3.05) is 7.05 Å². The van der Waals surface area contributed by atoms with Gasteiger partial charge in [-0.3, -0.25) is 0 Å². The Hall–Kier alpha value is -0.820. The molecule has 0 saturated heterocycles. The number of hydrogen-bond acceptors (Lipinski definition) is 1. The van der Waals surface area contributed by atoms with Crippen molar-refractivity contribution in [3.63, 3.8) is 0 Å². The molecule has 1 atom stereocenters. The lowest BCUT2D eigenvalue weighted by atomic mass is 9.90. The Kier molecular flexibility index (Phi) is 3.65. The van der Waals surface area contributed by atoms with Crippen molar-refractivity contribution in [1.82, 2.24) is 5.32 Å². The third-order valence-corrected chi connectivity index (χ3v) is 4.23. The molecule has 1 aliphatic carbocycles. The molecule has 0 heterocycles. The lowest BCUT2D eigenvalue weighted by Crippen LogP contribution is -2.31. The molecule has 0 aliphatic heterocycles. The zero-order valence-electron chi connectivity index (χ0n) is 10.5. The fraction of sp³-hybridized carbons (Fsp3) is 0.600. The van der Waals surface area contributed by atoms with Crippen molar-refractivity contribution in [2.45, 2.75) is 45.1 Å². The Labute approximate surface area is 99.3 Å². The van der Waals surface area contributed by atoms with Crippen LogP contribution >= 0.6 is 0 Å². The molecule has 0 spiro atoms. The second-order valence-electron chi connectivity index (χ2n) is 5.21. The Bertz CT molecular complexity index is 313. The van der Waals surface area contributed by atoms with E-state index in [1.54, 1.807) is 0 Å². The van der Waals surface area contributed by atoms with E-state index in [0.717, 1.165) is 0 Å². The van der Waals surface area contributed by atoms with Gasteiger partial charge in [-0.15, -0.1) is 0 Å². The van der Waals surface area contributed by atoms with Crippen LogP contribution in [-0.4, -0.2) is 13.1 Å². The first kappa shape index (κ1) is 11.7. The molecule has 0 bridgehead atoms. The van der Waals surface area contributed by atoms with E-state index in [1.165, 1.54) is 37.7 Å². The maximum Gasteiger partial charge on any atom is 0.00921 e. The molecule has 2 rings (SSSR count). The summed E-state index contributed by atoms with van der Waals surface area (Å²) < 4.78 is 0. The number of aryl methyl sites for hydroxylation is 1. The molecular weight excluding hydrogens is 194 g/mol. The first-order valence-corrected chi connectivity index (χ1v) is 6.48. The van der Waals surface area contributed by atoms with E-state index in [4.69, 9.17) is 0 Å². The van der Waals surface area contributed by atoms with Gasteiger partial charge in [0, 0.05) is 6.04 Å². The van der Waals surface area contributed by atoms with Gasteiger partial charge < -0.3 is 5.32 Å². The van der Waals surface area contributed by atoms with Gasteiger partial charge in [-0.2, -0.15) is 0 Å². The molecule has 1 N–H and O–H groups in total. The molecule has 0 radical (unpaired) electrons. The average Bonchev–Trinajstić information content (AvgIpc) is 3.11. The van der Waals surface area contributed by atoms with Crippen molar-refractivity contribution < 1.29 is 0 Å². The largest absolute Gasteiger partial charge is 0.317 e. The Morgan fingerprint density at radius 1 is 1.25 bits per heavy atom. The minimum absolute atomic E-state index is 0.629. The fourth-order valence-corrected chi connectivity index (χ4v) is 2.66. The maximum atomic E-state index is 3.42. The van der Waals surface area contributed by atoms with Crippen molar-refractivity contribution in [1.29, 1.82) is 0 Å². The number of rotatable bonds is 6. The van der Waals surface area contributed by atoms with Crippen molar-refractivity contribution in [2.24, 2.45) is 5.41 Å². The van der Waals surface area contributed by atoms with E-state index in [0.29, 0.717) is 11.5 Å². The third kappa shape index (κ3) is 2.65. The molecule has 1 nitrogen and oxygen atoms in total. The smallest absolute Gasteiger partial charge is 0.00921 e. The van der Waals surface area contributed by atoms with Crippen LogP contribution in [0.25, 0.3) is 0 Å². The molecule has 1 unspecified atom stereocenters. The predicted octanol–water partition coefficient (Wildman–Crippen LogP) is 3.40. The highest BCUT2D eigenvalue weighted by molar-refractivity contribution is 5.14. The van der Waals surface area contributed by atoms with Gasteiger partial charge in [0.05, 0.1) is 0 Å². The molecule has 16 heavy (non-hydrogen) atoms. The highest BCUT2D eigenvalue weighted by Gasteiger charge is 2.45. The average molecular weight is 217 g/mol. The fourth-order valence-electron chi connectivity index (χ4n) is 2.66. The van der Waals surface area contributed by atoms with E-state index in [-0.39, 0.29) is 0 Å². The molecule has 0 aromatic heterocycles. The second-order valence-corrected chi connectivity index (χ2v) is 5.21. The van der Waals surface area contributed by atoms with Crippen LogP contribution in [0.5, 0.6) is 0 Å². The zero-order valence-corrected chi connectivity index (χ0v) is 10.5. The van der Waals surface area contributed by atoms with Crippen molar-refractivity contribution >= 4 is 0 Å². The van der Waals surface area contributed by atoms with Gasteiger partial charge in [0.25, 0.3) is 0 Å². The molecule has 88 valence electrons. The summed E-state index contributed by atoms with van der Waals surface area (Å²) in [6, 6.07) is 11.5. The lowest BCUT2D eigenvalue weighted by Gasteiger charge is -2.22. The summed E-state index contributed by atoms with van der Waals surface area (Å²) in [5, 5.41) is 3.42. The lowest BCUT2D eigenvalue weighted by molar-refractivity contribution is 0.339. The highest BCUT2D eigenvalue weighted by Crippen LogP contribution is 2.52. The summed E-state index contributed by atoms with van der Waals surface area (Å²) >= 11 is 0. The topological polar surface area (TPSA) is 12.0 Å². The van der Waals surface area contributed by atoms with Crippen LogP contribution in [0.2, 0.25) is 0 Å². The van der Waals surface area contributed by atoms with Gasteiger partial charge >= 0.3 is 0 Å². The number of nitrogens with one attached hydrogen (secondary N) is 1. The third-order valence-electron chi connectivity index (χ3n) is 4.23. The maximum absolute atomic E-state index is 3.42. The number of hydrogen-bond donors (Lipinski definition) is 1. The first-order valence-electron chi connectivity index (χ1n) is 6.48. The van der Waals surface area contributed by atoms with E-state index >= 15 is 0 Å². The van der Waals surface area contributed by atoms with Gasteiger partial charge in [0.15, 0.2) is 0 Å². The molecule has 1 aromatic carbocycles. The van der Waals surface area contributed by atoms with Gasteiger partial charge in [-0.05, 0) is 57.1 Å². The summed E-state index contributed by atoms with van der Waals surface area (Å²) in [5.74, 6) is 0. The van der Waals surface area contributed by atoms with Gasteiger partial charge in [-0.1, -0.05) is 30.3 Å². The monoisotopic (exact) mass is 217 g/mol. The Morgan fingerprint density at radius 2 is 1.94 bits per heavy atom. The molecule has 1 aromatic rings. The van der Waals surface area contributed by atoms with E-state index in [1.807, 2.05) is 0 Å². The van der Waals surface area contributed by atoms with Gasteiger partial charge in [0.1, 0.15) is 0 Å². The van der Waals surface area contributed by atoms with Crippen LogP contribution in [0.1, 0.15) is 38.2 Å². The Morgan fingerprint density at radius 3 is 2.50 bits per heavy atom. The van der Waals surface area contributed by atoms with E-state index < -0.39 is 0 Å². The quantitative estimate of drug-likeness (QED) is 0.770. The normalized spacial score (nSPS) is 19.4. The van der Waals surface area contributed by atoms with Crippen LogP contribution in [0.15, 0.2) is 30.3 Å². The Balaban J connectivity index is 1.76. The van der Waals surface area contributed by atoms with E-state index in [2.05, 4.69) is 49.6 Å². The summed E-state index contributed by atoms with van der Waals surface area (Å²) in [6.07, 6.45) is 6.78. The second kappa shape index (κ2) is 5.01. The van der Waals surface area contributed by atoms with E-state index in [9.17, 15) is 0 Å². The summed E-state index contributed by atoms with van der Waals surface area (Å²) in [6.45, 7) is 2.33. The van der Waals surface area contributed by atoms with Crippen molar-refractivity contribution in [3.8, 4) is 0 Å². The molecule has 1 aliphatic rings. The van der Waals surface area contributed by atoms with Gasteiger partial charge in [-0.25, -0.2) is 0 Å². The highest BCUT2D eigenvalue weighted by atomic mass is 14.9.